The first kappa shape index (κ1) is 13.6. The number of nitrogens with zero attached hydrogens (tertiary/aromatic N) is 1. The lowest BCUT2D eigenvalue weighted by Gasteiger charge is -2.14. The van der Waals surface area contributed by atoms with Crippen molar-refractivity contribution in [3.63, 3.8) is 0 Å². The Bertz CT molecular complexity index is 597. The number of carboxylic acid groups (broad SMARTS) is 1. The number of thioether (sulfide) groups is 1. The highest BCUT2D eigenvalue weighted by atomic mass is 32.2. The van der Waals surface area contributed by atoms with Crippen LogP contribution in [0.2, 0.25) is 0 Å². The third kappa shape index (κ3) is 3.12. The average molecular weight is 294 g/mol. The summed E-state index contributed by atoms with van der Waals surface area (Å²) in [5.41, 5.74) is 0.633. The fourth-order valence-electron chi connectivity index (χ4n) is 1.53. The molecule has 1 aliphatic rings. The molecule has 1 saturated heterocycles. The summed E-state index contributed by atoms with van der Waals surface area (Å²) >= 11 is 5.96. The maximum absolute atomic E-state index is 11.9. The van der Waals surface area contributed by atoms with Gasteiger partial charge in [-0.05, 0) is 23.8 Å². The molecule has 0 radical (unpaired) electrons. The Balaban J connectivity index is 2.25. The molecule has 0 aromatic heterocycles. The fourth-order valence-corrected chi connectivity index (χ4v) is 2.79. The monoisotopic (exact) mass is 294 g/mol. The van der Waals surface area contributed by atoms with E-state index in [4.69, 9.17) is 12.2 Å². The van der Waals surface area contributed by atoms with Crippen molar-refractivity contribution in [1.82, 2.24) is 4.90 Å². The van der Waals surface area contributed by atoms with Gasteiger partial charge in [0.05, 0.1) is 17.4 Å². The SMILES string of the molecule is O=C([O-])CN1C(=O)C(=Cc2cccc(O)c2)SC1=S. The number of hydrogen-bond acceptors (Lipinski definition) is 6. The van der Waals surface area contributed by atoms with E-state index in [0.29, 0.717) is 10.5 Å². The zero-order valence-corrected chi connectivity index (χ0v) is 11.2. The van der Waals surface area contributed by atoms with Gasteiger partial charge in [0, 0.05) is 0 Å². The molecule has 0 unspecified atom stereocenters. The number of phenols is 1. The van der Waals surface area contributed by atoms with Crippen LogP contribution in [0.4, 0.5) is 0 Å². The van der Waals surface area contributed by atoms with Crippen LogP contribution in [0.1, 0.15) is 5.56 Å². The lowest BCUT2D eigenvalue weighted by Crippen LogP contribution is -2.40. The smallest absolute Gasteiger partial charge is 0.266 e. The van der Waals surface area contributed by atoms with Crippen molar-refractivity contribution in [1.29, 1.82) is 0 Å². The summed E-state index contributed by atoms with van der Waals surface area (Å²) in [5, 5.41) is 19.9. The van der Waals surface area contributed by atoms with E-state index in [1.165, 1.54) is 12.1 Å². The Labute approximate surface area is 118 Å². The number of carbonyl (C=O) groups excluding carboxylic acids is 2. The van der Waals surface area contributed by atoms with Crippen molar-refractivity contribution < 1.29 is 19.8 Å². The summed E-state index contributed by atoms with van der Waals surface area (Å²) in [7, 11) is 0. The van der Waals surface area contributed by atoms with Crippen LogP contribution in [0.3, 0.4) is 0 Å². The number of benzene rings is 1. The van der Waals surface area contributed by atoms with Crippen molar-refractivity contribution in [2.75, 3.05) is 6.54 Å². The minimum absolute atomic E-state index is 0.0824. The van der Waals surface area contributed by atoms with Gasteiger partial charge in [0.15, 0.2) is 0 Å². The first-order valence-corrected chi connectivity index (χ1v) is 6.44. The van der Waals surface area contributed by atoms with Crippen molar-refractivity contribution >= 4 is 46.3 Å². The van der Waals surface area contributed by atoms with Crippen LogP contribution in [0.5, 0.6) is 5.75 Å². The van der Waals surface area contributed by atoms with Crippen LogP contribution >= 0.6 is 24.0 Å². The van der Waals surface area contributed by atoms with Gasteiger partial charge < -0.3 is 15.0 Å². The van der Waals surface area contributed by atoms with Crippen LogP contribution in [-0.4, -0.2) is 32.7 Å². The molecule has 0 atom stereocenters. The van der Waals surface area contributed by atoms with Gasteiger partial charge in [-0.1, -0.05) is 36.1 Å². The quantitative estimate of drug-likeness (QED) is 0.640. The number of carbonyl (C=O) groups is 2. The molecule has 7 heteroatoms. The second-order valence-corrected chi connectivity index (χ2v) is 5.41. The van der Waals surface area contributed by atoms with Crippen molar-refractivity contribution in [2.45, 2.75) is 0 Å². The van der Waals surface area contributed by atoms with E-state index in [9.17, 15) is 19.8 Å². The molecule has 1 heterocycles. The maximum atomic E-state index is 11.9. The lowest BCUT2D eigenvalue weighted by atomic mass is 10.2. The number of phenolic OH excluding ortho intramolecular Hbond substituents is 1. The van der Waals surface area contributed by atoms with Crippen molar-refractivity contribution in [2.24, 2.45) is 0 Å². The van der Waals surface area contributed by atoms with E-state index >= 15 is 0 Å². The molecule has 1 aromatic carbocycles. The molecule has 1 aromatic rings. The van der Waals surface area contributed by atoms with Crippen LogP contribution in [0, 0.1) is 0 Å². The number of rotatable bonds is 3. The molecule has 0 aliphatic carbocycles. The molecule has 19 heavy (non-hydrogen) atoms. The maximum Gasteiger partial charge on any atom is 0.266 e. The van der Waals surface area contributed by atoms with E-state index in [2.05, 4.69) is 0 Å². The third-order valence-corrected chi connectivity index (χ3v) is 3.71. The molecule has 1 amide bonds. The zero-order chi connectivity index (χ0) is 14.0. The predicted octanol–water partition coefficient (Wildman–Crippen LogP) is 0.343. The Hall–Kier alpha value is -1.86. The van der Waals surface area contributed by atoms with Crippen LogP contribution in [0.25, 0.3) is 6.08 Å². The summed E-state index contributed by atoms with van der Waals surface area (Å²) in [5.74, 6) is -1.75. The lowest BCUT2D eigenvalue weighted by molar-refractivity contribution is -0.305. The predicted molar refractivity (Wildman–Crippen MR) is 73.0 cm³/mol. The first-order valence-electron chi connectivity index (χ1n) is 5.21. The van der Waals surface area contributed by atoms with E-state index in [-0.39, 0.29) is 10.1 Å². The number of aromatic hydroxyl groups is 1. The molecule has 0 bridgehead atoms. The van der Waals surface area contributed by atoms with Gasteiger partial charge in [-0.2, -0.15) is 0 Å². The largest absolute Gasteiger partial charge is 0.548 e. The summed E-state index contributed by atoms with van der Waals surface area (Å²) in [4.78, 5) is 23.8. The first-order chi connectivity index (χ1) is 8.97. The Kier molecular flexibility index (Phi) is 3.87. The molecule has 98 valence electrons. The minimum atomic E-state index is -1.37. The highest BCUT2D eigenvalue weighted by molar-refractivity contribution is 8.26. The standard InChI is InChI=1S/C12H9NO4S2/c14-8-3-1-2-7(4-8)5-9-11(17)13(6-10(15)16)12(18)19-9/h1-5,14H,6H2,(H,15,16)/p-1. The minimum Gasteiger partial charge on any atom is -0.548 e. The molecule has 1 fully saturated rings. The second-order valence-electron chi connectivity index (χ2n) is 3.73. The molecule has 5 nitrogen and oxygen atoms in total. The fraction of sp³-hybridized carbons (Fsp3) is 0.0833. The van der Waals surface area contributed by atoms with Gasteiger partial charge in [-0.3, -0.25) is 9.69 Å². The Morgan fingerprint density at radius 2 is 2.26 bits per heavy atom. The Morgan fingerprint density at radius 1 is 1.53 bits per heavy atom. The van der Waals surface area contributed by atoms with Gasteiger partial charge in [0.1, 0.15) is 10.1 Å². The number of carboxylic acids is 1. The summed E-state index contributed by atoms with van der Waals surface area (Å²) in [6.07, 6.45) is 1.55. The van der Waals surface area contributed by atoms with Crippen LogP contribution in [-0.2, 0) is 9.59 Å². The van der Waals surface area contributed by atoms with E-state index in [0.717, 1.165) is 16.7 Å². The number of aliphatic carboxylic acids is 1. The molecule has 1 N–H and O–H groups in total. The molecule has 0 saturated carbocycles. The van der Waals surface area contributed by atoms with Crippen molar-refractivity contribution in [3.8, 4) is 5.75 Å². The van der Waals surface area contributed by atoms with Gasteiger partial charge in [0.25, 0.3) is 5.91 Å². The van der Waals surface area contributed by atoms with E-state index < -0.39 is 18.4 Å². The second kappa shape index (κ2) is 5.41. The number of hydrogen-bond donors (Lipinski definition) is 1. The number of amides is 1. The van der Waals surface area contributed by atoms with Gasteiger partial charge in [0.2, 0.25) is 0 Å². The van der Waals surface area contributed by atoms with Crippen LogP contribution < -0.4 is 5.11 Å². The summed E-state index contributed by atoms with van der Waals surface area (Å²) < 4.78 is 0.181. The molecular formula is C12H8NO4S2-. The summed E-state index contributed by atoms with van der Waals surface area (Å²) in [6, 6.07) is 6.36. The highest BCUT2D eigenvalue weighted by Crippen LogP contribution is 2.32. The van der Waals surface area contributed by atoms with Gasteiger partial charge in [-0.15, -0.1) is 0 Å². The van der Waals surface area contributed by atoms with E-state index in [1.54, 1.807) is 18.2 Å². The Morgan fingerprint density at radius 3 is 2.89 bits per heavy atom. The van der Waals surface area contributed by atoms with Gasteiger partial charge in [-0.25, -0.2) is 0 Å². The summed E-state index contributed by atoms with van der Waals surface area (Å²) in [6.45, 7) is -0.554. The van der Waals surface area contributed by atoms with E-state index in [1.807, 2.05) is 0 Å². The third-order valence-electron chi connectivity index (χ3n) is 2.33. The zero-order valence-electron chi connectivity index (χ0n) is 9.53. The highest BCUT2D eigenvalue weighted by Gasteiger charge is 2.31. The molecule has 1 aliphatic heterocycles. The normalized spacial score (nSPS) is 17.3. The molecule has 2 rings (SSSR count). The van der Waals surface area contributed by atoms with Crippen molar-refractivity contribution in [3.05, 3.63) is 34.7 Å². The molecular weight excluding hydrogens is 286 g/mol. The topological polar surface area (TPSA) is 80.7 Å². The van der Waals surface area contributed by atoms with Gasteiger partial charge >= 0.3 is 0 Å². The average Bonchev–Trinajstić information content (AvgIpc) is 2.57. The van der Waals surface area contributed by atoms with Crippen LogP contribution in [0.15, 0.2) is 29.2 Å². The number of thiocarbonyl (C=S) groups is 1. The molecule has 0 spiro atoms.